The number of methoxy groups -OCH3 is 1. The van der Waals surface area contributed by atoms with Gasteiger partial charge in [0.1, 0.15) is 5.54 Å². The fraction of sp³-hybridized carbons (Fsp3) is 0.357. The number of ether oxygens (including phenoxy) is 1. The van der Waals surface area contributed by atoms with Crippen LogP contribution in [-0.2, 0) is 16.1 Å². The molecule has 3 amide bonds. The van der Waals surface area contributed by atoms with Crippen LogP contribution in [0.15, 0.2) is 24.3 Å². The van der Waals surface area contributed by atoms with Crippen molar-refractivity contribution in [3.05, 3.63) is 35.4 Å². The number of urea groups is 1. The average Bonchev–Trinajstić information content (AvgIpc) is 2.60. The molecule has 6 nitrogen and oxygen atoms in total. The Labute approximate surface area is 116 Å². The molecule has 0 spiro atoms. The molecule has 0 aromatic heterocycles. The minimum absolute atomic E-state index is 0.0410. The van der Waals surface area contributed by atoms with Gasteiger partial charge in [0.15, 0.2) is 0 Å². The first-order valence-electron chi connectivity index (χ1n) is 6.17. The number of nitrogens with one attached hydrogen (secondary N) is 1. The van der Waals surface area contributed by atoms with Gasteiger partial charge in [-0.25, -0.2) is 9.59 Å². The van der Waals surface area contributed by atoms with Crippen LogP contribution >= 0.6 is 0 Å². The number of hydrogen-bond donors (Lipinski definition) is 1. The van der Waals surface area contributed by atoms with Crippen LogP contribution in [0.3, 0.4) is 0 Å². The number of carbonyl (C=O) groups is 3. The topological polar surface area (TPSA) is 75.7 Å². The lowest BCUT2D eigenvalue weighted by Gasteiger charge is -2.17. The third-order valence-corrected chi connectivity index (χ3v) is 3.20. The van der Waals surface area contributed by atoms with E-state index in [1.54, 1.807) is 38.1 Å². The molecule has 0 radical (unpaired) electrons. The molecule has 0 saturated carbocycles. The number of esters is 1. The summed E-state index contributed by atoms with van der Waals surface area (Å²) >= 11 is 0. The van der Waals surface area contributed by atoms with Crippen LogP contribution in [0.5, 0.6) is 0 Å². The van der Waals surface area contributed by atoms with E-state index < -0.39 is 17.5 Å². The van der Waals surface area contributed by atoms with Crippen molar-refractivity contribution in [2.45, 2.75) is 25.9 Å². The van der Waals surface area contributed by atoms with E-state index in [-0.39, 0.29) is 12.5 Å². The first-order valence-corrected chi connectivity index (χ1v) is 6.17. The number of imide groups is 1. The molecule has 1 aliphatic rings. The summed E-state index contributed by atoms with van der Waals surface area (Å²) in [5, 5.41) is 2.60. The fourth-order valence-electron chi connectivity index (χ4n) is 2.10. The predicted octanol–water partition coefficient (Wildman–Crippen LogP) is 1.30. The molecule has 1 aliphatic heterocycles. The summed E-state index contributed by atoms with van der Waals surface area (Å²) in [6, 6.07) is 6.28. The highest BCUT2D eigenvalue weighted by Crippen LogP contribution is 2.21. The molecule has 1 aromatic rings. The largest absolute Gasteiger partial charge is 0.465 e. The van der Waals surface area contributed by atoms with Crippen molar-refractivity contribution in [1.82, 2.24) is 10.2 Å². The van der Waals surface area contributed by atoms with Gasteiger partial charge in [0, 0.05) is 0 Å². The van der Waals surface area contributed by atoms with Crippen LogP contribution in [0.2, 0.25) is 0 Å². The lowest BCUT2D eigenvalue weighted by molar-refractivity contribution is -0.130. The SMILES string of the molecule is COC(=O)c1ccccc1CN1C(=O)NC(C)(C)C1=O. The zero-order valence-corrected chi connectivity index (χ0v) is 11.6. The maximum atomic E-state index is 12.1. The lowest BCUT2D eigenvalue weighted by Crippen LogP contribution is -2.40. The summed E-state index contributed by atoms with van der Waals surface area (Å²) in [5.74, 6) is -0.811. The van der Waals surface area contributed by atoms with E-state index in [1.165, 1.54) is 7.11 Å². The van der Waals surface area contributed by atoms with Gasteiger partial charge in [-0.3, -0.25) is 9.69 Å². The fourth-order valence-corrected chi connectivity index (χ4v) is 2.10. The van der Waals surface area contributed by atoms with Crippen molar-refractivity contribution in [3.8, 4) is 0 Å². The third kappa shape index (κ3) is 2.36. The molecule has 106 valence electrons. The molecule has 0 atom stereocenters. The maximum Gasteiger partial charge on any atom is 0.338 e. The van der Waals surface area contributed by atoms with E-state index in [0.717, 1.165) is 4.90 Å². The molecule has 0 bridgehead atoms. The minimum atomic E-state index is -0.919. The van der Waals surface area contributed by atoms with Gasteiger partial charge in [-0.05, 0) is 25.5 Å². The van der Waals surface area contributed by atoms with E-state index in [0.29, 0.717) is 11.1 Å². The quantitative estimate of drug-likeness (QED) is 0.667. The highest BCUT2D eigenvalue weighted by molar-refractivity contribution is 6.06. The Kier molecular flexibility index (Phi) is 3.48. The molecular formula is C14H16N2O4. The molecule has 20 heavy (non-hydrogen) atoms. The molecule has 1 N–H and O–H groups in total. The lowest BCUT2D eigenvalue weighted by atomic mass is 10.0. The molecular weight excluding hydrogens is 260 g/mol. The standard InChI is InChI=1S/C14H16N2O4/c1-14(2)12(18)16(13(19)15-14)8-9-6-4-5-7-10(9)11(17)20-3/h4-7H,8H2,1-3H3,(H,15,19). The Balaban J connectivity index is 2.30. The molecule has 0 unspecified atom stereocenters. The summed E-state index contributed by atoms with van der Waals surface area (Å²) in [4.78, 5) is 36.7. The smallest absolute Gasteiger partial charge is 0.338 e. The van der Waals surface area contributed by atoms with Crippen molar-refractivity contribution in [2.75, 3.05) is 7.11 Å². The average molecular weight is 276 g/mol. The second kappa shape index (κ2) is 4.96. The first kappa shape index (κ1) is 14.0. The van der Waals surface area contributed by atoms with E-state index in [1.807, 2.05) is 0 Å². The Bertz CT molecular complexity index is 580. The summed E-state index contributed by atoms with van der Waals surface area (Å²) in [7, 11) is 1.29. The van der Waals surface area contributed by atoms with Crippen LogP contribution < -0.4 is 5.32 Å². The zero-order chi connectivity index (χ0) is 14.9. The number of rotatable bonds is 3. The highest BCUT2D eigenvalue weighted by atomic mass is 16.5. The van der Waals surface area contributed by atoms with Gasteiger partial charge in [0.05, 0.1) is 19.2 Å². The Morgan fingerprint density at radius 1 is 1.30 bits per heavy atom. The third-order valence-electron chi connectivity index (χ3n) is 3.20. The van der Waals surface area contributed by atoms with Gasteiger partial charge in [-0.1, -0.05) is 18.2 Å². The number of hydrogen-bond acceptors (Lipinski definition) is 4. The molecule has 6 heteroatoms. The van der Waals surface area contributed by atoms with Crippen molar-refractivity contribution in [1.29, 1.82) is 0 Å². The number of amides is 3. The molecule has 1 aromatic carbocycles. The Morgan fingerprint density at radius 2 is 1.95 bits per heavy atom. The zero-order valence-electron chi connectivity index (χ0n) is 11.6. The first-order chi connectivity index (χ1) is 9.36. The van der Waals surface area contributed by atoms with Crippen molar-refractivity contribution in [2.24, 2.45) is 0 Å². The van der Waals surface area contributed by atoms with Crippen LogP contribution in [-0.4, -0.2) is 35.5 Å². The molecule has 1 fully saturated rings. The van der Waals surface area contributed by atoms with E-state index in [2.05, 4.69) is 5.32 Å². The van der Waals surface area contributed by atoms with Crippen LogP contribution in [0, 0.1) is 0 Å². The Morgan fingerprint density at radius 3 is 2.50 bits per heavy atom. The number of carbonyl (C=O) groups excluding carboxylic acids is 3. The normalized spacial score (nSPS) is 17.1. The van der Waals surface area contributed by atoms with Crippen LogP contribution in [0.4, 0.5) is 4.79 Å². The van der Waals surface area contributed by atoms with E-state index >= 15 is 0 Å². The number of benzene rings is 1. The van der Waals surface area contributed by atoms with Gasteiger partial charge in [-0.15, -0.1) is 0 Å². The van der Waals surface area contributed by atoms with Gasteiger partial charge in [-0.2, -0.15) is 0 Å². The van der Waals surface area contributed by atoms with E-state index in [4.69, 9.17) is 4.74 Å². The minimum Gasteiger partial charge on any atom is -0.465 e. The molecule has 2 rings (SSSR count). The van der Waals surface area contributed by atoms with Gasteiger partial charge in [0.25, 0.3) is 5.91 Å². The van der Waals surface area contributed by atoms with Crippen LogP contribution in [0.25, 0.3) is 0 Å². The monoisotopic (exact) mass is 276 g/mol. The second-order valence-electron chi connectivity index (χ2n) is 5.10. The summed E-state index contributed by atoms with van der Waals surface area (Å²) in [5.41, 5.74) is -0.00189. The highest BCUT2D eigenvalue weighted by Gasteiger charge is 2.44. The van der Waals surface area contributed by atoms with Crippen molar-refractivity contribution >= 4 is 17.9 Å². The summed E-state index contributed by atoms with van der Waals surface area (Å²) in [6.07, 6.45) is 0. The van der Waals surface area contributed by atoms with E-state index in [9.17, 15) is 14.4 Å². The number of nitrogens with zero attached hydrogens (tertiary/aromatic N) is 1. The van der Waals surface area contributed by atoms with Crippen molar-refractivity contribution < 1.29 is 19.1 Å². The van der Waals surface area contributed by atoms with Gasteiger partial charge < -0.3 is 10.1 Å². The second-order valence-corrected chi connectivity index (χ2v) is 5.10. The van der Waals surface area contributed by atoms with Gasteiger partial charge >= 0.3 is 12.0 Å². The molecule has 0 aliphatic carbocycles. The summed E-state index contributed by atoms with van der Waals surface area (Å²) < 4.78 is 4.69. The molecule has 1 heterocycles. The van der Waals surface area contributed by atoms with Gasteiger partial charge in [0.2, 0.25) is 0 Å². The maximum absolute atomic E-state index is 12.1. The molecule has 1 saturated heterocycles. The van der Waals surface area contributed by atoms with Crippen molar-refractivity contribution in [3.63, 3.8) is 0 Å². The Hall–Kier alpha value is -2.37. The van der Waals surface area contributed by atoms with Crippen LogP contribution in [0.1, 0.15) is 29.8 Å². The summed E-state index contributed by atoms with van der Waals surface area (Å²) in [6.45, 7) is 3.32. The predicted molar refractivity (Wildman–Crippen MR) is 70.9 cm³/mol.